The van der Waals surface area contributed by atoms with Crippen molar-refractivity contribution in [2.75, 3.05) is 0 Å². The summed E-state index contributed by atoms with van der Waals surface area (Å²) in [7, 11) is 0. The van der Waals surface area contributed by atoms with Crippen LogP contribution in [0.25, 0.3) is 0 Å². The lowest BCUT2D eigenvalue weighted by Crippen LogP contribution is -2.56. The maximum absolute atomic E-state index is 13.4. The zero-order chi connectivity index (χ0) is 15.8. The number of hydrogen-bond acceptors (Lipinski definition) is 2. The molecule has 0 atom stereocenters. The van der Waals surface area contributed by atoms with E-state index in [1.54, 1.807) is 0 Å². The second kappa shape index (κ2) is 5.12. The topological polar surface area (TPSA) is 32.6 Å². The Bertz CT molecular complexity index is 509. The van der Waals surface area contributed by atoms with Gasteiger partial charge in [-0.2, -0.15) is 30.7 Å². The molecule has 20 heavy (non-hydrogen) atoms. The van der Waals surface area contributed by atoms with Crippen molar-refractivity contribution in [2.24, 2.45) is 5.16 Å². The third-order valence-electron chi connectivity index (χ3n) is 2.27. The highest BCUT2D eigenvalue weighted by molar-refractivity contribution is 6.30. The number of oxime groups is 1. The average molecular weight is 324 g/mol. The monoisotopic (exact) mass is 323 g/mol. The number of rotatable bonds is 3. The van der Waals surface area contributed by atoms with Crippen molar-refractivity contribution in [3.63, 3.8) is 0 Å². The first-order chi connectivity index (χ1) is 8.95. The van der Waals surface area contributed by atoms with E-state index in [4.69, 9.17) is 16.8 Å². The molecule has 0 aliphatic rings. The van der Waals surface area contributed by atoms with Gasteiger partial charge in [-0.1, -0.05) is 28.9 Å². The molecule has 1 N–H and O–H groups in total. The van der Waals surface area contributed by atoms with Gasteiger partial charge in [-0.15, -0.1) is 0 Å². The van der Waals surface area contributed by atoms with Gasteiger partial charge in [0.15, 0.2) is 5.71 Å². The van der Waals surface area contributed by atoms with Crippen LogP contribution >= 0.6 is 11.6 Å². The summed E-state index contributed by atoms with van der Waals surface area (Å²) in [6.45, 7) is 0. The van der Waals surface area contributed by atoms with E-state index < -0.39 is 29.3 Å². The molecule has 1 aromatic rings. The fraction of sp³-hybridized carbons (Fsp3) is 0.300. The molecule has 0 fully saturated rings. The van der Waals surface area contributed by atoms with E-state index in [9.17, 15) is 30.7 Å². The van der Waals surface area contributed by atoms with Crippen LogP contribution in [0.2, 0.25) is 5.02 Å². The summed E-state index contributed by atoms with van der Waals surface area (Å²) in [6.07, 6.45) is -6.52. The van der Waals surface area contributed by atoms with Crippen molar-refractivity contribution in [1.82, 2.24) is 0 Å². The maximum atomic E-state index is 13.4. The van der Waals surface area contributed by atoms with Gasteiger partial charge in [-0.25, -0.2) is 0 Å². The second-order valence-corrected chi connectivity index (χ2v) is 4.04. The predicted octanol–water partition coefficient (Wildman–Crippen LogP) is 4.35. The molecule has 0 aliphatic heterocycles. The summed E-state index contributed by atoms with van der Waals surface area (Å²) in [6, 6.07) is 3.36. The van der Waals surface area contributed by atoms with Crippen molar-refractivity contribution in [1.29, 1.82) is 0 Å². The van der Waals surface area contributed by atoms with Gasteiger partial charge >= 0.3 is 18.0 Å². The molecule has 1 aromatic carbocycles. The summed E-state index contributed by atoms with van der Waals surface area (Å²) in [4.78, 5) is 0. The minimum Gasteiger partial charge on any atom is -0.410 e. The Labute approximate surface area is 112 Å². The third kappa shape index (κ3) is 2.67. The first-order valence-electron chi connectivity index (χ1n) is 4.76. The summed E-state index contributed by atoms with van der Waals surface area (Å²) in [5, 5.41) is 10.3. The summed E-state index contributed by atoms with van der Waals surface area (Å²) in [5.74, 6) is -12.2. The molecule has 10 heteroatoms. The molecule has 0 aromatic heterocycles. The molecular formula is C10H5ClF7NO. The Morgan fingerprint density at radius 3 is 1.75 bits per heavy atom. The van der Waals surface area contributed by atoms with Gasteiger partial charge in [0.25, 0.3) is 0 Å². The average Bonchev–Trinajstić information content (AvgIpc) is 2.30. The molecule has 0 saturated carbocycles. The highest BCUT2D eigenvalue weighted by atomic mass is 35.5. The number of alkyl halides is 7. The molecule has 112 valence electrons. The highest BCUT2D eigenvalue weighted by Gasteiger charge is 2.75. The lowest BCUT2D eigenvalue weighted by Gasteiger charge is -2.28. The summed E-state index contributed by atoms with van der Waals surface area (Å²) in [5.41, 5.74) is -2.94. The Hall–Kier alpha value is -1.51. The van der Waals surface area contributed by atoms with Gasteiger partial charge < -0.3 is 5.21 Å². The van der Waals surface area contributed by atoms with Crippen molar-refractivity contribution < 1.29 is 35.9 Å². The summed E-state index contributed by atoms with van der Waals surface area (Å²) >= 11 is 5.42. The van der Waals surface area contributed by atoms with Crippen LogP contribution in [-0.4, -0.2) is 28.9 Å². The first kappa shape index (κ1) is 16.5. The van der Waals surface area contributed by atoms with Gasteiger partial charge in [0.1, 0.15) is 0 Å². The fourth-order valence-corrected chi connectivity index (χ4v) is 1.36. The number of halogens is 8. The smallest absolute Gasteiger partial charge is 0.410 e. The van der Waals surface area contributed by atoms with E-state index in [1.165, 1.54) is 0 Å². The maximum Gasteiger partial charge on any atom is 0.460 e. The third-order valence-corrected chi connectivity index (χ3v) is 2.52. The van der Waals surface area contributed by atoms with Crippen LogP contribution in [0.15, 0.2) is 29.4 Å². The highest BCUT2D eigenvalue weighted by Crippen LogP contribution is 2.48. The lowest BCUT2D eigenvalue weighted by molar-refractivity contribution is -0.336. The fourth-order valence-electron chi connectivity index (χ4n) is 1.24. The largest absolute Gasteiger partial charge is 0.460 e. The molecule has 0 spiro atoms. The van der Waals surface area contributed by atoms with Crippen molar-refractivity contribution >= 4 is 17.3 Å². The molecule has 0 unspecified atom stereocenters. The molecule has 0 aliphatic carbocycles. The quantitative estimate of drug-likeness (QED) is 0.381. The van der Waals surface area contributed by atoms with Crippen LogP contribution in [-0.2, 0) is 0 Å². The molecular weight excluding hydrogens is 319 g/mol. The molecule has 0 amide bonds. The molecule has 0 saturated heterocycles. The Morgan fingerprint density at radius 2 is 1.40 bits per heavy atom. The van der Waals surface area contributed by atoms with Crippen LogP contribution < -0.4 is 0 Å². The number of benzene rings is 1. The van der Waals surface area contributed by atoms with Crippen LogP contribution in [0.5, 0.6) is 0 Å². The minimum atomic E-state index is -6.52. The van der Waals surface area contributed by atoms with Crippen LogP contribution in [0, 0.1) is 0 Å². The molecule has 2 nitrogen and oxygen atoms in total. The molecule has 0 bridgehead atoms. The predicted molar refractivity (Wildman–Crippen MR) is 55.7 cm³/mol. The van der Waals surface area contributed by atoms with Crippen molar-refractivity contribution in [3.05, 3.63) is 34.9 Å². The Balaban J connectivity index is 3.34. The van der Waals surface area contributed by atoms with Gasteiger partial charge in [-0.05, 0) is 12.1 Å². The van der Waals surface area contributed by atoms with Crippen LogP contribution in [0.4, 0.5) is 30.7 Å². The zero-order valence-electron chi connectivity index (χ0n) is 9.23. The van der Waals surface area contributed by atoms with Gasteiger partial charge in [0, 0.05) is 10.6 Å². The van der Waals surface area contributed by atoms with E-state index in [2.05, 4.69) is 0 Å². The van der Waals surface area contributed by atoms with Crippen LogP contribution in [0.1, 0.15) is 5.56 Å². The first-order valence-corrected chi connectivity index (χ1v) is 5.13. The zero-order valence-corrected chi connectivity index (χ0v) is 9.98. The van der Waals surface area contributed by atoms with Gasteiger partial charge in [0.05, 0.1) is 0 Å². The van der Waals surface area contributed by atoms with Gasteiger partial charge in [0.2, 0.25) is 0 Å². The van der Waals surface area contributed by atoms with Crippen molar-refractivity contribution in [2.45, 2.75) is 18.0 Å². The number of nitrogens with zero attached hydrogens (tertiary/aromatic N) is 1. The summed E-state index contributed by atoms with van der Waals surface area (Å²) < 4.78 is 88.4. The molecule has 0 radical (unpaired) electrons. The van der Waals surface area contributed by atoms with Crippen LogP contribution in [0.3, 0.4) is 0 Å². The minimum absolute atomic E-state index is 0.0249. The molecule has 0 heterocycles. The molecule has 1 rings (SSSR count). The van der Waals surface area contributed by atoms with E-state index >= 15 is 0 Å². The normalized spacial score (nSPS) is 14.5. The number of hydrogen-bond donors (Lipinski definition) is 1. The van der Waals surface area contributed by atoms with E-state index in [-0.39, 0.29) is 5.02 Å². The van der Waals surface area contributed by atoms with E-state index in [1.807, 2.05) is 5.16 Å². The SMILES string of the molecule is ON=C(c1ccc(Cl)cc1)C(F)(F)C(F)(F)C(F)(F)F. The Kier molecular flexibility index (Phi) is 4.23. The second-order valence-electron chi connectivity index (χ2n) is 3.60. The van der Waals surface area contributed by atoms with E-state index in [0.717, 1.165) is 24.3 Å². The standard InChI is InChI=1S/C10H5ClF7NO/c11-6-3-1-5(2-4-6)7(19-20)8(12,13)9(14,15)10(16,17)18/h1-4,20H. The van der Waals surface area contributed by atoms with Gasteiger partial charge in [-0.3, -0.25) is 0 Å². The van der Waals surface area contributed by atoms with Crippen molar-refractivity contribution in [3.8, 4) is 0 Å². The Morgan fingerprint density at radius 1 is 0.950 bits per heavy atom. The van der Waals surface area contributed by atoms with E-state index in [0.29, 0.717) is 0 Å². The lowest BCUT2D eigenvalue weighted by atomic mass is 9.99.